The molecule has 264 valence electrons. The predicted molar refractivity (Wildman–Crippen MR) is 171 cm³/mol. The van der Waals surface area contributed by atoms with E-state index in [9.17, 15) is 39.5 Å². The van der Waals surface area contributed by atoms with E-state index in [0.29, 0.717) is 23.8 Å². The minimum atomic E-state index is -4.61. The van der Waals surface area contributed by atoms with E-state index in [1.807, 2.05) is 4.90 Å². The normalized spacial score (nSPS) is 14.9. The Morgan fingerprint density at radius 3 is 1.73 bits per heavy atom. The maximum atomic E-state index is 13.7. The third kappa shape index (κ3) is 8.58. The number of hydrogen-bond donors (Lipinski definition) is 0. The molecule has 16 heteroatoms. The molecule has 0 aliphatic carbocycles. The summed E-state index contributed by atoms with van der Waals surface area (Å²) in [7, 11) is -1.52. The minimum Gasteiger partial charge on any atom is -0.361 e. The van der Waals surface area contributed by atoms with Crippen molar-refractivity contribution in [3.63, 3.8) is 0 Å². The Morgan fingerprint density at radius 1 is 0.694 bits per heavy atom. The van der Waals surface area contributed by atoms with Crippen LogP contribution in [0.3, 0.4) is 0 Å². The lowest BCUT2D eigenvalue weighted by atomic mass is 10.0. The van der Waals surface area contributed by atoms with Crippen LogP contribution in [0.4, 0.5) is 51.3 Å². The molecule has 0 atom stereocenters. The van der Waals surface area contributed by atoms with Crippen LogP contribution < -0.4 is 9.80 Å². The van der Waals surface area contributed by atoms with Gasteiger partial charge in [-0.15, -0.1) is 0 Å². The summed E-state index contributed by atoms with van der Waals surface area (Å²) < 4.78 is 130. The monoisotopic (exact) mass is 715 g/mol. The lowest BCUT2D eigenvalue weighted by Crippen LogP contribution is -2.48. The van der Waals surface area contributed by atoms with Crippen molar-refractivity contribution < 1.29 is 44.3 Å². The van der Waals surface area contributed by atoms with Crippen LogP contribution in [0.2, 0.25) is 25.7 Å². The van der Waals surface area contributed by atoms with Crippen LogP contribution >= 0.6 is 0 Å². The number of ether oxygens (including phenoxy) is 1. The van der Waals surface area contributed by atoms with E-state index in [1.54, 1.807) is 4.57 Å². The summed E-state index contributed by atoms with van der Waals surface area (Å²) in [4.78, 5) is 12.1. The SMILES string of the molecule is C[Si](C)(C)CCOCn1c(N2CCN(c3ncccc3C(F)(F)F)CC2)nc(-c2ccc(C(F)(F)F)cc2)c1-c1ccc(C(F)(F)F)cc1. The van der Waals surface area contributed by atoms with Gasteiger partial charge in [-0.25, -0.2) is 9.97 Å². The van der Waals surface area contributed by atoms with Crippen LogP contribution in [0.15, 0.2) is 66.9 Å². The van der Waals surface area contributed by atoms with E-state index < -0.39 is 43.3 Å². The Labute approximate surface area is 278 Å². The molecule has 1 fully saturated rings. The number of alkyl halides is 9. The van der Waals surface area contributed by atoms with Gasteiger partial charge in [0, 0.05) is 58.2 Å². The van der Waals surface area contributed by atoms with E-state index in [1.165, 1.54) is 41.4 Å². The smallest absolute Gasteiger partial charge is 0.361 e. The van der Waals surface area contributed by atoms with Gasteiger partial charge in [0.15, 0.2) is 0 Å². The largest absolute Gasteiger partial charge is 0.419 e. The Kier molecular flexibility index (Phi) is 10.1. The fourth-order valence-corrected chi connectivity index (χ4v) is 6.21. The Hall–Kier alpha value is -4.05. The van der Waals surface area contributed by atoms with Crippen LogP contribution in [-0.4, -0.2) is 55.4 Å². The number of nitrogens with zero attached hydrogens (tertiary/aromatic N) is 5. The van der Waals surface area contributed by atoms with Crippen molar-refractivity contribution in [1.29, 1.82) is 0 Å². The highest BCUT2D eigenvalue weighted by atomic mass is 28.3. The summed E-state index contributed by atoms with van der Waals surface area (Å²) in [6.45, 7) is 7.45. The Balaban J connectivity index is 1.58. The average molecular weight is 716 g/mol. The number of halogens is 9. The Bertz CT molecular complexity index is 1720. The molecule has 2 aromatic heterocycles. The van der Waals surface area contributed by atoms with Crippen LogP contribution in [0.25, 0.3) is 22.5 Å². The van der Waals surface area contributed by atoms with Crippen molar-refractivity contribution in [3.05, 3.63) is 83.6 Å². The lowest BCUT2D eigenvalue weighted by Gasteiger charge is -2.37. The standard InChI is InChI=1S/C33H34F9N5OSi/c1-49(2,3)20-19-48-21-47-28(23-8-12-25(13-9-23)32(37,38)39)27(22-6-10-24(11-7-22)31(34,35)36)44-30(47)46-17-15-45(16-18-46)29-26(33(40,41)42)5-4-14-43-29/h4-14H,15-21H2,1-3H3. The molecule has 1 aliphatic heterocycles. The molecule has 1 saturated heterocycles. The van der Waals surface area contributed by atoms with Crippen molar-refractivity contribution in [1.82, 2.24) is 14.5 Å². The molecule has 1 aliphatic rings. The fourth-order valence-electron chi connectivity index (χ4n) is 5.46. The zero-order valence-corrected chi connectivity index (χ0v) is 27.8. The van der Waals surface area contributed by atoms with Gasteiger partial charge in [0.25, 0.3) is 0 Å². The van der Waals surface area contributed by atoms with Gasteiger partial charge in [0.2, 0.25) is 5.95 Å². The summed E-state index contributed by atoms with van der Waals surface area (Å²) in [5.41, 5.74) is -1.49. The minimum absolute atomic E-state index is 0.0809. The number of imidazole rings is 1. The predicted octanol–water partition coefficient (Wildman–Crippen LogP) is 9.31. The van der Waals surface area contributed by atoms with Crippen molar-refractivity contribution in [2.24, 2.45) is 0 Å². The quantitative estimate of drug-likeness (QED) is 0.0983. The number of piperazine rings is 1. The molecule has 4 aromatic rings. The van der Waals surface area contributed by atoms with Crippen LogP contribution in [0.5, 0.6) is 0 Å². The molecule has 3 heterocycles. The molecule has 0 N–H and O–H groups in total. The molecule has 0 spiro atoms. The summed E-state index contributed by atoms with van der Waals surface area (Å²) in [6, 6.07) is 11.7. The van der Waals surface area contributed by atoms with Gasteiger partial charge in [-0.3, -0.25) is 4.57 Å². The summed E-state index contributed by atoms with van der Waals surface area (Å²) in [5.74, 6) is 0.109. The number of aromatic nitrogens is 3. The number of anilines is 2. The molecule has 0 saturated carbocycles. The second kappa shape index (κ2) is 13.7. The van der Waals surface area contributed by atoms with Gasteiger partial charge < -0.3 is 14.5 Å². The maximum Gasteiger partial charge on any atom is 0.419 e. The number of hydrogen-bond acceptors (Lipinski definition) is 5. The molecule has 0 bridgehead atoms. The molecule has 0 amide bonds. The highest BCUT2D eigenvalue weighted by Crippen LogP contribution is 2.40. The van der Waals surface area contributed by atoms with E-state index in [2.05, 4.69) is 24.6 Å². The molecular weight excluding hydrogens is 681 g/mol. The average Bonchev–Trinajstić information content (AvgIpc) is 3.41. The third-order valence-corrected chi connectivity index (χ3v) is 9.79. The van der Waals surface area contributed by atoms with Gasteiger partial charge >= 0.3 is 18.5 Å². The molecular formula is C33H34F9N5OSi. The van der Waals surface area contributed by atoms with Gasteiger partial charge in [-0.2, -0.15) is 39.5 Å². The lowest BCUT2D eigenvalue weighted by molar-refractivity contribution is -0.138. The van der Waals surface area contributed by atoms with Crippen molar-refractivity contribution in [2.45, 2.75) is 50.9 Å². The summed E-state index contributed by atoms with van der Waals surface area (Å²) in [6.07, 6.45) is -12.5. The first-order valence-electron chi connectivity index (χ1n) is 15.4. The van der Waals surface area contributed by atoms with E-state index in [4.69, 9.17) is 9.72 Å². The van der Waals surface area contributed by atoms with E-state index in [0.717, 1.165) is 36.4 Å². The van der Waals surface area contributed by atoms with Gasteiger partial charge in [-0.1, -0.05) is 43.9 Å². The molecule has 2 aromatic carbocycles. The summed E-state index contributed by atoms with van der Waals surface area (Å²) in [5, 5.41) is 0. The third-order valence-electron chi connectivity index (χ3n) is 8.09. The zero-order chi connectivity index (χ0) is 35.8. The molecule has 0 unspecified atom stereocenters. The number of rotatable bonds is 9. The van der Waals surface area contributed by atoms with Gasteiger partial charge in [0.05, 0.1) is 28.1 Å². The van der Waals surface area contributed by atoms with Crippen molar-refractivity contribution in [2.75, 3.05) is 42.6 Å². The second-order valence-electron chi connectivity index (χ2n) is 12.9. The van der Waals surface area contributed by atoms with Crippen LogP contribution in [0, 0.1) is 0 Å². The second-order valence-corrected chi connectivity index (χ2v) is 18.5. The highest BCUT2D eigenvalue weighted by molar-refractivity contribution is 6.76. The van der Waals surface area contributed by atoms with Crippen LogP contribution in [-0.2, 0) is 30.0 Å². The molecule has 6 nitrogen and oxygen atoms in total. The fraction of sp³-hybridized carbons (Fsp3) is 0.394. The summed E-state index contributed by atoms with van der Waals surface area (Å²) >= 11 is 0. The van der Waals surface area contributed by atoms with Crippen molar-refractivity contribution in [3.8, 4) is 22.5 Å². The van der Waals surface area contributed by atoms with Crippen molar-refractivity contribution >= 4 is 19.8 Å². The highest BCUT2D eigenvalue weighted by Gasteiger charge is 2.37. The number of benzene rings is 2. The van der Waals surface area contributed by atoms with E-state index in [-0.39, 0.29) is 50.0 Å². The van der Waals surface area contributed by atoms with Gasteiger partial charge in [-0.05, 0) is 42.4 Å². The Morgan fingerprint density at radius 2 is 1.22 bits per heavy atom. The molecule has 49 heavy (non-hydrogen) atoms. The van der Waals surface area contributed by atoms with Gasteiger partial charge in [0.1, 0.15) is 12.5 Å². The first kappa shape index (κ1) is 36.2. The molecule has 5 rings (SSSR count). The first-order valence-corrected chi connectivity index (χ1v) is 19.1. The zero-order valence-electron chi connectivity index (χ0n) is 26.8. The van der Waals surface area contributed by atoms with Crippen LogP contribution in [0.1, 0.15) is 16.7 Å². The molecule has 0 radical (unpaired) electrons. The first-order chi connectivity index (χ1) is 22.8. The maximum absolute atomic E-state index is 13.7. The topological polar surface area (TPSA) is 46.4 Å². The van der Waals surface area contributed by atoms with E-state index >= 15 is 0 Å². The number of pyridine rings is 1.